The van der Waals surface area contributed by atoms with Crippen molar-refractivity contribution in [3.05, 3.63) is 35.4 Å². The molecule has 1 aliphatic rings. The van der Waals surface area contributed by atoms with Crippen molar-refractivity contribution in [2.75, 3.05) is 13.1 Å². The SMILES string of the molecule is CCNCC1CCC1Cc1ccc(C(C)C)cc1. The molecule has 0 amide bonds. The van der Waals surface area contributed by atoms with Gasteiger partial charge in [-0.05, 0) is 61.2 Å². The first-order valence-corrected chi connectivity index (χ1v) is 7.50. The predicted molar refractivity (Wildman–Crippen MR) is 79.0 cm³/mol. The molecular formula is C17H27N. The summed E-state index contributed by atoms with van der Waals surface area (Å²) >= 11 is 0. The summed E-state index contributed by atoms with van der Waals surface area (Å²) in [6, 6.07) is 9.27. The average molecular weight is 245 g/mol. The second-order valence-electron chi connectivity index (χ2n) is 6.01. The maximum atomic E-state index is 3.49. The van der Waals surface area contributed by atoms with E-state index in [2.05, 4.69) is 50.4 Å². The van der Waals surface area contributed by atoms with E-state index in [1.54, 1.807) is 0 Å². The van der Waals surface area contributed by atoms with E-state index in [1.165, 1.54) is 36.9 Å². The van der Waals surface area contributed by atoms with Crippen LogP contribution >= 0.6 is 0 Å². The van der Waals surface area contributed by atoms with Gasteiger partial charge in [0.2, 0.25) is 0 Å². The first-order chi connectivity index (χ1) is 8.70. The molecule has 0 radical (unpaired) electrons. The lowest BCUT2D eigenvalue weighted by atomic mass is 9.70. The molecule has 1 fully saturated rings. The second kappa shape index (κ2) is 6.38. The molecule has 1 aromatic carbocycles. The van der Waals surface area contributed by atoms with E-state index in [1.807, 2.05) is 0 Å². The Morgan fingerprint density at radius 1 is 1.11 bits per heavy atom. The molecule has 1 saturated carbocycles. The molecule has 1 heteroatoms. The van der Waals surface area contributed by atoms with Gasteiger partial charge in [-0.15, -0.1) is 0 Å². The van der Waals surface area contributed by atoms with Crippen molar-refractivity contribution in [3.8, 4) is 0 Å². The smallest absolute Gasteiger partial charge is 0.00179 e. The van der Waals surface area contributed by atoms with Crippen molar-refractivity contribution in [1.29, 1.82) is 0 Å². The van der Waals surface area contributed by atoms with Gasteiger partial charge in [0.05, 0.1) is 0 Å². The lowest BCUT2D eigenvalue weighted by molar-refractivity contribution is 0.172. The van der Waals surface area contributed by atoms with E-state index in [0.717, 1.165) is 18.4 Å². The molecule has 2 unspecified atom stereocenters. The summed E-state index contributed by atoms with van der Waals surface area (Å²) in [5, 5.41) is 3.49. The second-order valence-corrected chi connectivity index (χ2v) is 6.01. The molecule has 1 N–H and O–H groups in total. The van der Waals surface area contributed by atoms with E-state index in [-0.39, 0.29) is 0 Å². The molecule has 1 nitrogen and oxygen atoms in total. The molecule has 2 rings (SSSR count). The number of nitrogens with one attached hydrogen (secondary N) is 1. The first kappa shape index (κ1) is 13.6. The largest absolute Gasteiger partial charge is 0.317 e. The molecule has 100 valence electrons. The van der Waals surface area contributed by atoms with Crippen LogP contribution in [-0.4, -0.2) is 13.1 Å². The van der Waals surface area contributed by atoms with Crippen LogP contribution in [0.3, 0.4) is 0 Å². The van der Waals surface area contributed by atoms with Gasteiger partial charge in [-0.1, -0.05) is 45.0 Å². The fourth-order valence-corrected chi connectivity index (χ4v) is 2.85. The van der Waals surface area contributed by atoms with Gasteiger partial charge in [0.15, 0.2) is 0 Å². The van der Waals surface area contributed by atoms with E-state index in [9.17, 15) is 0 Å². The summed E-state index contributed by atoms with van der Waals surface area (Å²) in [6.07, 6.45) is 4.11. The van der Waals surface area contributed by atoms with E-state index in [0.29, 0.717) is 5.92 Å². The van der Waals surface area contributed by atoms with Crippen LogP contribution in [0.2, 0.25) is 0 Å². The predicted octanol–water partition coefficient (Wildman–Crippen LogP) is 3.99. The van der Waals surface area contributed by atoms with Gasteiger partial charge in [0, 0.05) is 0 Å². The third kappa shape index (κ3) is 3.35. The summed E-state index contributed by atoms with van der Waals surface area (Å²) in [6.45, 7) is 9.02. The molecule has 0 spiro atoms. The topological polar surface area (TPSA) is 12.0 Å². The first-order valence-electron chi connectivity index (χ1n) is 7.50. The Morgan fingerprint density at radius 3 is 2.28 bits per heavy atom. The van der Waals surface area contributed by atoms with Crippen LogP contribution in [0.5, 0.6) is 0 Å². The molecule has 1 aliphatic carbocycles. The van der Waals surface area contributed by atoms with Gasteiger partial charge in [0.25, 0.3) is 0 Å². The van der Waals surface area contributed by atoms with Crippen LogP contribution < -0.4 is 5.32 Å². The molecule has 1 aromatic rings. The van der Waals surface area contributed by atoms with Crippen LogP contribution in [0, 0.1) is 11.8 Å². The molecule has 18 heavy (non-hydrogen) atoms. The third-order valence-corrected chi connectivity index (χ3v) is 4.38. The van der Waals surface area contributed by atoms with Crippen molar-refractivity contribution in [2.24, 2.45) is 11.8 Å². The summed E-state index contributed by atoms with van der Waals surface area (Å²) in [4.78, 5) is 0. The summed E-state index contributed by atoms with van der Waals surface area (Å²) < 4.78 is 0. The van der Waals surface area contributed by atoms with E-state index >= 15 is 0 Å². The van der Waals surface area contributed by atoms with Crippen molar-refractivity contribution < 1.29 is 0 Å². The maximum Gasteiger partial charge on any atom is -0.00179 e. The van der Waals surface area contributed by atoms with E-state index in [4.69, 9.17) is 0 Å². The standard InChI is InChI=1S/C17H27N/c1-4-18-12-17-10-9-16(17)11-14-5-7-15(8-6-14)13(2)3/h5-8,13,16-18H,4,9-12H2,1-3H3. The number of hydrogen-bond donors (Lipinski definition) is 1. The zero-order chi connectivity index (χ0) is 13.0. The lowest BCUT2D eigenvalue weighted by Gasteiger charge is -2.37. The Kier molecular flexibility index (Phi) is 4.82. The third-order valence-electron chi connectivity index (χ3n) is 4.38. The van der Waals surface area contributed by atoms with Crippen molar-refractivity contribution in [2.45, 2.75) is 46.0 Å². The molecule has 0 saturated heterocycles. The molecule has 0 heterocycles. The minimum absolute atomic E-state index is 0.643. The van der Waals surface area contributed by atoms with Crippen LogP contribution in [0.15, 0.2) is 24.3 Å². The van der Waals surface area contributed by atoms with Crippen LogP contribution in [0.4, 0.5) is 0 Å². The summed E-state index contributed by atoms with van der Waals surface area (Å²) in [5.74, 6) is 2.47. The van der Waals surface area contributed by atoms with Crippen molar-refractivity contribution in [1.82, 2.24) is 5.32 Å². The summed E-state index contributed by atoms with van der Waals surface area (Å²) in [7, 11) is 0. The highest BCUT2D eigenvalue weighted by Gasteiger charge is 2.29. The Labute approximate surface area is 112 Å². The Morgan fingerprint density at radius 2 is 1.78 bits per heavy atom. The number of benzene rings is 1. The molecule has 0 bridgehead atoms. The minimum atomic E-state index is 0.643. The van der Waals surface area contributed by atoms with E-state index < -0.39 is 0 Å². The Bertz CT molecular complexity index is 352. The fraction of sp³-hybridized carbons (Fsp3) is 0.647. The number of rotatable bonds is 6. The fourth-order valence-electron chi connectivity index (χ4n) is 2.85. The zero-order valence-corrected chi connectivity index (χ0v) is 12.1. The normalized spacial score (nSPS) is 23.1. The average Bonchev–Trinajstić information content (AvgIpc) is 2.35. The van der Waals surface area contributed by atoms with Crippen LogP contribution in [-0.2, 0) is 6.42 Å². The lowest BCUT2D eigenvalue weighted by Crippen LogP contribution is -2.36. The summed E-state index contributed by atoms with van der Waals surface area (Å²) in [5.41, 5.74) is 2.97. The van der Waals surface area contributed by atoms with Crippen molar-refractivity contribution in [3.63, 3.8) is 0 Å². The monoisotopic (exact) mass is 245 g/mol. The van der Waals surface area contributed by atoms with Gasteiger partial charge in [-0.2, -0.15) is 0 Å². The highest BCUT2D eigenvalue weighted by Crippen LogP contribution is 2.36. The van der Waals surface area contributed by atoms with Gasteiger partial charge in [-0.3, -0.25) is 0 Å². The molecular weight excluding hydrogens is 218 g/mol. The zero-order valence-electron chi connectivity index (χ0n) is 12.1. The van der Waals surface area contributed by atoms with Crippen molar-refractivity contribution >= 4 is 0 Å². The molecule has 0 aromatic heterocycles. The highest BCUT2D eigenvalue weighted by molar-refractivity contribution is 5.25. The Hall–Kier alpha value is -0.820. The van der Waals surface area contributed by atoms with Gasteiger partial charge < -0.3 is 5.32 Å². The highest BCUT2D eigenvalue weighted by atomic mass is 14.9. The van der Waals surface area contributed by atoms with Crippen LogP contribution in [0.25, 0.3) is 0 Å². The molecule has 2 atom stereocenters. The molecule has 0 aliphatic heterocycles. The maximum absolute atomic E-state index is 3.49. The quantitative estimate of drug-likeness (QED) is 0.799. The van der Waals surface area contributed by atoms with Gasteiger partial charge in [-0.25, -0.2) is 0 Å². The van der Waals surface area contributed by atoms with Crippen LogP contribution in [0.1, 0.15) is 50.7 Å². The minimum Gasteiger partial charge on any atom is -0.317 e. The Balaban J connectivity index is 1.86. The number of hydrogen-bond acceptors (Lipinski definition) is 1. The van der Waals surface area contributed by atoms with Gasteiger partial charge >= 0.3 is 0 Å². The van der Waals surface area contributed by atoms with Gasteiger partial charge in [0.1, 0.15) is 0 Å².